The van der Waals surface area contributed by atoms with E-state index in [0.29, 0.717) is 17.4 Å². The quantitative estimate of drug-likeness (QED) is 0.383. The first kappa shape index (κ1) is 20.1. The minimum atomic E-state index is -0.203. The highest BCUT2D eigenvalue weighted by Crippen LogP contribution is 2.19. The van der Waals surface area contributed by atoms with Crippen molar-refractivity contribution in [3.8, 4) is 5.75 Å². The van der Waals surface area contributed by atoms with Gasteiger partial charge in [0.2, 0.25) is 5.91 Å². The second kappa shape index (κ2) is 10.1. The Labute approximate surface area is 177 Å². The van der Waals surface area contributed by atoms with E-state index in [2.05, 4.69) is 26.5 Å². The third-order valence-corrected chi connectivity index (χ3v) is 4.62. The maximum Gasteiger partial charge on any atom is 0.244 e. The van der Waals surface area contributed by atoms with Crippen LogP contribution in [-0.2, 0) is 17.8 Å². The van der Waals surface area contributed by atoms with Crippen molar-refractivity contribution < 1.29 is 9.53 Å². The number of carbonyl (C=O) groups is 1. The maximum absolute atomic E-state index is 12.0. The second-order valence-corrected chi connectivity index (χ2v) is 7.40. The van der Waals surface area contributed by atoms with E-state index < -0.39 is 0 Å². The lowest BCUT2D eigenvalue weighted by atomic mass is 10.1. The summed E-state index contributed by atoms with van der Waals surface area (Å²) < 4.78 is 6.91. The number of para-hydroxylation sites is 1. The Hall–Kier alpha value is -2.63. The number of carbonyl (C=O) groups excluding carboxylic acids is 1. The molecular weight excluding hydrogens is 440 g/mol. The summed E-state index contributed by atoms with van der Waals surface area (Å²) >= 11 is 9.30. The molecule has 1 N–H and O–H groups in total. The summed E-state index contributed by atoms with van der Waals surface area (Å²) in [7, 11) is 0. The number of amides is 1. The molecule has 0 saturated heterocycles. The van der Waals surface area contributed by atoms with Gasteiger partial charge in [-0.05, 0) is 47.5 Å². The number of nitrogens with zero attached hydrogens (tertiary/aromatic N) is 1. The fourth-order valence-electron chi connectivity index (χ4n) is 2.51. The summed E-state index contributed by atoms with van der Waals surface area (Å²) in [6.07, 6.45) is 1.81. The monoisotopic (exact) mass is 456 g/mol. The Morgan fingerprint density at radius 2 is 1.82 bits per heavy atom. The highest BCUT2D eigenvalue weighted by Gasteiger charge is 2.04. The van der Waals surface area contributed by atoms with Gasteiger partial charge in [-0.2, -0.15) is 5.10 Å². The van der Waals surface area contributed by atoms with E-state index in [-0.39, 0.29) is 12.3 Å². The van der Waals surface area contributed by atoms with Crippen LogP contribution in [0.4, 0.5) is 0 Å². The van der Waals surface area contributed by atoms with Crippen molar-refractivity contribution in [3.63, 3.8) is 0 Å². The van der Waals surface area contributed by atoms with E-state index in [9.17, 15) is 4.79 Å². The molecule has 4 nitrogen and oxygen atoms in total. The molecule has 0 aliphatic heterocycles. The molecular formula is C22H18BrClN2O2. The molecule has 3 rings (SSSR count). The number of hydrogen-bond acceptors (Lipinski definition) is 3. The van der Waals surface area contributed by atoms with Gasteiger partial charge in [-0.25, -0.2) is 5.43 Å². The molecule has 28 heavy (non-hydrogen) atoms. The Morgan fingerprint density at radius 3 is 2.61 bits per heavy atom. The van der Waals surface area contributed by atoms with Crippen LogP contribution in [0.25, 0.3) is 0 Å². The molecule has 0 aliphatic carbocycles. The second-order valence-electron chi connectivity index (χ2n) is 6.05. The Kier molecular flexibility index (Phi) is 7.23. The zero-order valence-corrected chi connectivity index (χ0v) is 17.3. The van der Waals surface area contributed by atoms with E-state index in [0.717, 1.165) is 21.2 Å². The third-order valence-electron chi connectivity index (χ3n) is 3.87. The summed E-state index contributed by atoms with van der Waals surface area (Å²) in [5.41, 5.74) is 5.24. The molecule has 142 valence electrons. The van der Waals surface area contributed by atoms with Gasteiger partial charge in [-0.3, -0.25) is 4.79 Å². The van der Waals surface area contributed by atoms with Crippen molar-refractivity contribution in [2.24, 2.45) is 5.10 Å². The molecule has 0 aliphatic rings. The van der Waals surface area contributed by atoms with Crippen LogP contribution in [0.5, 0.6) is 5.75 Å². The molecule has 0 heterocycles. The Balaban J connectivity index is 1.57. The van der Waals surface area contributed by atoms with Crippen LogP contribution in [0.2, 0.25) is 5.02 Å². The molecule has 6 heteroatoms. The Bertz CT molecular complexity index is 974. The van der Waals surface area contributed by atoms with E-state index in [1.165, 1.54) is 0 Å². The summed E-state index contributed by atoms with van der Waals surface area (Å²) in [6, 6.07) is 22.6. The number of ether oxygens (including phenoxy) is 1. The van der Waals surface area contributed by atoms with E-state index in [1.54, 1.807) is 18.3 Å². The van der Waals surface area contributed by atoms with Gasteiger partial charge in [0.1, 0.15) is 12.4 Å². The zero-order valence-electron chi connectivity index (χ0n) is 14.9. The largest absolute Gasteiger partial charge is 0.488 e. The molecule has 0 atom stereocenters. The van der Waals surface area contributed by atoms with Gasteiger partial charge in [0.15, 0.2) is 0 Å². The molecule has 0 bridgehead atoms. The number of hydrazone groups is 1. The molecule has 0 radical (unpaired) electrons. The van der Waals surface area contributed by atoms with E-state index in [1.807, 2.05) is 60.7 Å². The standard InChI is InChI=1S/C22H18BrClN2O2/c23-19-6-3-4-17(12-19)15-28-21-7-2-1-5-18(21)14-25-26-22(27)13-16-8-10-20(24)11-9-16/h1-12,14H,13,15H2,(H,26,27)/b25-14+. The molecule has 1 amide bonds. The Morgan fingerprint density at radius 1 is 1.04 bits per heavy atom. The van der Waals surface area contributed by atoms with E-state index >= 15 is 0 Å². The van der Waals surface area contributed by atoms with Gasteiger partial charge in [0, 0.05) is 15.1 Å². The van der Waals surface area contributed by atoms with Crippen molar-refractivity contribution in [2.75, 3.05) is 0 Å². The van der Waals surface area contributed by atoms with Crippen molar-refractivity contribution in [3.05, 3.63) is 99.0 Å². The van der Waals surface area contributed by atoms with Crippen LogP contribution >= 0.6 is 27.5 Å². The van der Waals surface area contributed by atoms with Gasteiger partial charge < -0.3 is 4.74 Å². The normalized spacial score (nSPS) is 10.8. The maximum atomic E-state index is 12.0. The first-order chi connectivity index (χ1) is 13.6. The summed E-state index contributed by atoms with van der Waals surface area (Å²) in [5, 5.41) is 4.69. The number of rotatable bonds is 7. The average Bonchev–Trinajstić information content (AvgIpc) is 2.69. The first-order valence-electron chi connectivity index (χ1n) is 8.63. The lowest BCUT2D eigenvalue weighted by Crippen LogP contribution is -2.19. The fourth-order valence-corrected chi connectivity index (χ4v) is 3.08. The van der Waals surface area contributed by atoms with Crippen molar-refractivity contribution in [1.82, 2.24) is 5.43 Å². The van der Waals surface area contributed by atoms with Gasteiger partial charge in [0.25, 0.3) is 0 Å². The molecule has 0 aromatic heterocycles. The zero-order chi connectivity index (χ0) is 19.8. The van der Waals surface area contributed by atoms with Gasteiger partial charge >= 0.3 is 0 Å². The molecule has 3 aromatic carbocycles. The molecule has 0 unspecified atom stereocenters. The number of hydrogen-bond donors (Lipinski definition) is 1. The van der Waals surface area contributed by atoms with E-state index in [4.69, 9.17) is 16.3 Å². The predicted octanol–water partition coefficient (Wildman–Crippen LogP) is 5.37. The predicted molar refractivity (Wildman–Crippen MR) is 116 cm³/mol. The summed E-state index contributed by atoms with van der Waals surface area (Å²) in [6.45, 7) is 0.438. The van der Waals surface area contributed by atoms with Crippen LogP contribution < -0.4 is 10.2 Å². The van der Waals surface area contributed by atoms with Crippen LogP contribution in [0.15, 0.2) is 82.4 Å². The molecule has 0 spiro atoms. The van der Waals surface area contributed by atoms with Crippen molar-refractivity contribution >= 4 is 39.7 Å². The highest BCUT2D eigenvalue weighted by molar-refractivity contribution is 9.10. The first-order valence-corrected chi connectivity index (χ1v) is 9.80. The molecule has 3 aromatic rings. The van der Waals surface area contributed by atoms with Crippen LogP contribution in [-0.4, -0.2) is 12.1 Å². The minimum absolute atomic E-state index is 0.203. The molecule has 0 fully saturated rings. The number of nitrogens with one attached hydrogen (secondary N) is 1. The van der Waals surface area contributed by atoms with Gasteiger partial charge in [-0.1, -0.05) is 63.9 Å². The highest BCUT2D eigenvalue weighted by atomic mass is 79.9. The lowest BCUT2D eigenvalue weighted by Gasteiger charge is -2.09. The minimum Gasteiger partial charge on any atom is -0.488 e. The van der Waals surface area contributed by atoms with Gasteiger partial charge in [0.05, 0.1) is 12.6 Å². The van der Waals surface area contributed by atoms with Crippen LogP contribution in [0, 0.1) is 0 Å². The lowest BCUT2D eigenvalue weighted by molar-refractivity contribution is -0.120. The van der Waals surface area contributed by atoms with Crippen molar-refractivity contribution in [1.29, 1.82) is 0 Å². The number of halogens is 2. The smallest absolute Gasteiger partial charge is 0.244 e. The summed E-state index contributed by atoms with van der Waals surface area (Å²) in [5.74, 6) is 0.490. The third kappa shape index (κ3) is 6.22. The fraction of sp³-hybridized carbons (Fsp3) is 0.0909. The average molecular weight is 458 g/mol. The molecule has 0 saturated carbocycles. The van der Waals surface area contributed by atoms with Gasteiger partial charge in [-0.15, -0.1) is 0 Å². The topological polar surface area (TPSA) is 50.7 Å². The number of benzene rings is 3. The SMILES string of the molecule is O=C(Cc1ccc(Cl)cc1)N/N=C/c1ccccc1OCc1cccc(Br)c1. The van der Waals surface area contributed by atoms with Crippen molar-refractivity contribution in [2.45, 2.75) is 13.0 Å². The summed E-state index contributed by atoms with van der Waals surface area (Å²) in [4.78, 5) is 12.0. The van der Waals surface area contributed by atoms with Crippen LogP contribution in [0.1, 0.15) is 16.7 Å². The van der Waals surface area contributed by atoms with Crippen LogP contribution in [0.3, 0.4) is 0 Å².